The van der Waals surface area contributed by atoms with Crippen LogP contribution in [0.4, 0.5) is 10.1 Å². The van der Waals surface area contributed by atoms with E-state index in [4.69, 9.17) is 9.84 Å². The lowest BCUT2D eigenvalue weighted by Gasteiger charge is -2.20. The summed E-state index contributed by atoms with van der Waals surface area (Å²) in [5.41, 5.74) is 3.09. The summed E-state index contributed by atoms with van der Waals surface area (Å²) in [6.07, 6.45) is 2.24. The highest BCUT2D eigenvalue weighted by atomic mass is 19.1. The van der Waals surface area contributed by atoms with E-state index < -0.39 is 0 Å². The molecule has 2 rings (SSSR count). The molecule has 23 heavy (non-hydrogen) atoms. The molecule has 2 aromatic rings. The van der Waals surface area contributed by atoms with Gasteiger partial charge in [-0.2, -0.15) is 0 Å². The van der Waals surface area contributed by atoms with Crippen molar-refractivity contribution >= 4 is 5.69 Å². The summed E-state index contributed by atoms with van der Waals surface area (Å²) >= 11 is 0. The fraction of sp³-hybridized carbons (Fsp3) is 0.368. The Hall–Kier alpha value is -1.91. The van der Waals surface area contributed by atoms with E-state index in [0.717, 1.165) is 29.7 Å². The second-order valence-electron chi connectivity index (χ2n) is 5.63. The number of methoxy groups -OCH3 is 1. The van der Waals surface area contributed by atoms with Gasteiger partial charge in [0.05, 0.1) is 0 Å². The molecule has 0 saturated heterocycles. The molecule has 1 atom stereocenters. The lowest BCUT2D eigenvalue weighted by atomic mass is 10.0. The quantitative estimate of drug-likeness (QED) is 0.744. The number of aliphatic hydroxyl groups excluding tert-OH is 1. The summed E-state index contributed by atoms with van der Waals surface area (Å²) in [6, 6.07) is 14.9. The zero-order chi connectivity index (χ0) is 16.5. The van der Waals surface area contributed by atoms with Gasteiger partial charge in [0.1, 0.15) is 5.82 Å². The third-order valence-corrected chi connectivity index (χ3v) is 3.77. The number of aliphatic hydroxyl groups is 1. The Balaban J connectivity index is 2.02. The van der Waals surface area contributed by atoms with Gasteiger partial charge in [0.15, 0.2) is 0 Å². The van der Waals surface area contributed by atoms with Crippen LogP contribution >= 0.6 is 0 Å². The Morgan fingerprint density at radius 2 is 1.91 bits per heavy atom. The van der Waals surface area contributed by atoms with Gasteiger partial charge in [-0.05, 0) is 54.7 Å². The number of halogens is 1. The third-order valence-electron chi connectivity index (χ3n) is 3.77. The zero-order valence-electron chi connectivity index (χ0n) is 13.5. The van der Waals surface area contributed by atoms with Crippen molar-refractivity contribution in [3.05, 3.63) is 65.5 Å². The molecule has 0 aliphatic rings. The monoisotopic (exact) mass is 317 g/mol. The summed E-state index contributed by atoms with van der Waals surface area (Å²) in [4.78, 5) is 0. The number of hydrogen-bond acceptors (Lipinski definition) is 3. The number of anilines is 1. The molecular formula is C19H24FNO2. The van der Waals surface area contributed by atoms with Crippen LogP contribution in [0.2, 0.25) is 0 Å². The number of benzene rings is 2. The average molecular weight is 317 g/mol. The minimum Gasteiger partial charge on any atom is -0.396 e. The lowest BCUT2D eigenvalue weighted by molar-refractivity contribution is 0.190. The van der Waals surface area contributed by atoms with Gasteiger partial charge in [0.25, 0.3) is 0 Å². The van der Waals surface area contributed by atoms with Crippen LogP contribution in [0.1, 0.15) is 17.5 Å². The average Bonchev–Trinajstić information content (AvgIpc) is 2.55. The molecule has 0 spiro atoms. The molecule has 3 nitrogen and oxygen atoms in total. The van der Waals surface area contributed by atoms with E-state index >= 15 is 0 Å². The second kappa shape index (κ2) is 9.28. The molecule has 0 heterocycles. The molecule has 0 amide bonds. The van der Waals surface area contributed by atoms with Crippen LogP contribution in [0, 0.1) is 5.82 Å². The fourth-order valence-electron chi connectivity index (χ4n) is 2.57. The van der Waals surface area contributed by atoms with Crippen LogP contribution < -0.4 is 5.32 Å². The predicted octanol–water partition coefficient (Wildman–Crippen LogP) is 3.42. The Bertz CT molecular complexity index is 586. The van der Waals surface area contributed by atoms with Gasteiger partial charge in [-0.15, -0.1) is 0 Å². The SMILES string of the molecule is COCCC(Cc1cccc(F)c1)Nc1ccc(CCO)cc1. The summed E-state index contributed by atoms with van der Waals surface area (Å²) < 4.78 is 18.5. The maximum Gasteiger partial charge on any atom is 0.123 e. The number of ether oxygens (including phenoxy) is 1. The molecule has 2 aromatic carbocycles. The van der Waals surface area contributed by atoms with Crippen molar-refractivity contribution in [3.8, 4) is 0 Å². The van der Waals surface area contributed by atoms with Crippen molar-refractivity contribution in [1.82, 2.24) is 0 Å². The molecule has 0 aromatic heterocycles. The molecule has 2 N–H and O–H groups in total. The highest BCUT2D eigenvalue weighted by Crippen LogP contribution is 2.16. The maximum absolute atomic E-state index is 13.3. The Morgan fingerprint density at radius 1 is 1.13 bits per heavy atom. The minimum atomic E-state index is -0.207. The van der Waals surface area contributed by atoms with Crippen LogP contribution in [-0.2, 0) is 17.6 Å². The topological polar surface area (TPSA) is 41.5 Å². The van der Waals surface area contributed by atoms with E-state index in [-0.39, 0.29) is 18.5 Å². The van der Waals surface area contributed by atoms with Crippen LogP contribution in [0.25, 0.3) is 0 Å². The Kier molecular flexibility index (Phi) is 7.04. The van der Waals surface area contributed by atoms with Crippen molar-refractivity contribution in [2.75, 3.05) is 25.6 Å². The molecule has 0 aliphatic heterocycles. The van der Waals surface area contributed by atoms with E-state index in [1.807, 2.05) is 30.3 Å². The summed E-state index contributed by atoms with van der Waals surface area (Å²) in [5, 5.41) is 12.4. The number of nitrogens with one attached hydrogen (secondary N) is 1. The number of hydrogen-bond donors (Lipinski definition) is 2. The van der Waals surface area contributed by atoms with E-state index in [2.05, 4.69) is 5.32 Å². The predicted molar refractivity (Wildman–Crippen MR) is 91.2 cm³/mol. The van der Waals surface area contributed by atoms with Crippen LogP contribution in [0.3, 0.4) is 0 Å². The lowest BCUT2D eigenvalue weighted by Crippen LogP contribution is -2.24. The number of rotatable bonds is 9. The van der Waals surface area contributed by atoms with Gasteiger partial charge >= 0.3 is 0 Å². The Morgan fingerprint density at radius 3 is 2.57 bits per heavy atom. The summed E-state index contributed by atoms with van der Waals surface area (Å²) in [5.74, 6) is -0.207. The highest BCUT2D eigenvalue weighted by molar-refractivity contribution is 5.45. The van der Waals surface area contributed by atoms with Crippen molar-refractivity contribution in [2.45, 2.75) is 25.3 Å². The van der Waals surface area contributed by atoms with Crippen molar-refractivity contribution in [3.63, 3.8) is 0 Å². The first kappa shape index (κ1) is 17.4. The normalized spacial score (nSPS) is 12.1. The van der Waals surface area contributed by atoms with Gasteiger partial charge < -0.3 is 15.2 Å². The first-order valence-corrected chi connectivity index (χ1v) is 7.91. The molecule has 0 fully saturated rings. The molecule has 0 aliphatic carbocycles. The molecule has 0 bridgehead atoms. The summed E-state index contributed by atoms with van der Waals surface area (Å²) in [7, 11) is 1.68. The van der Waals surface area contributed by atoms with Crippen LogP contribution in [-0.4, -0.2) is 31.5 Å². The van der Waals surface area contributed by atoms with Crippen molar-refractivity contribution in [1.29, 1.82) is 0 Å². The van der Waals surface area contributed by atoms with E-state index in [1.165, 1.54) is 6.07 Å². The molecular weight excluding hydrogens is 293 g/mol. The first-order chi connectivity index (χ1) is 11.2. The summed E-state index contributed by atoms with van der Waals surface area (Å²) in [6.45, 7) is 0.804. The van der Waals surface area contributed by atoms with Crippen LogP contribution in [0.15, 0.2) is 48.5 Å². The molecule has 1 unspecified atom stereocenters. The maximum atomic E-state index is 13.3. The van der Waals surface area contributed by atoms with Gasteiger partial charge in [-0.25, -0.2) is 4.39 Å². The first-order valence-electron chi connectivity index (χ1n) is 7.91. The van der Waals surface area contributed by atoms with Crippen molar-refractivity contribution < 1.29 is 14.2 Å². The fourth-order valence-corrected chi connectivity index (χ4v) is 2.57. The van der Waals surface area contributed by atoms with E-state index in [1.54, 1.807) is 19.2 Å². The third kappa shape index (κ3) is 6.00. The van der Waals surface area contributed by atoms with Gasteiger partial charge in [-0.1, -0.05) is 24.3 Å². The second-order valence-corrected chi connectivity index (χ2v) is 5.63. The smallest absolute Gasteiger partial charge is 0.123 e. The highest BCUT2D eigenvalue weighted by Gasteiger charge is 2.10. The van der Waals surface area contributed by atoms with Gasteiger partial charge in [-0.3, -0.25) is 0 Å². The largest absolute Gasteiger partial charge is 0.396 e. The van der Waals surface area contributed by atoms with Crippen LogP contribution in [0.5, 0.6) is 0 Å². The van der Waals surface area contributed by atoms with Gasteiger partial charge in [0.2, 0.25) is 0 Å². The molecule has 0 radical (unpaired) electrons. The molecule has 0 saturated carbocycles. The van der Waals surface area contributed by atoms with Gasteiger partial charge in [0, 0.05) is 32.1 Å². The molecule has 124 valence electrons. The Labute approximate surface area is 137 Å². The molecule has 4 heteroatoms. The zero-order valence-corrected chi connectivity index (χ0v) is 13.5. The van der Waals surface area contributed by atoms with E-state index in [9.17, 15) is 4.39 Å². The standard InChI is InChI=1S/C19H24FNO2/c1-23-12-10-19(14-16-3-2-4-17(20)13-16)21-18-7-5-15(6-8-18)9-11-22/h2-8,13,19,21-22H,9-12,14H2,1H3. The van der Waals surface area contributed by atoms with Crippen molar-refractivity contribution in [2.24, 2.45) is 0 Å². The minimum absolute atomic E-state index is 0.156. The van der Waals surface area contributed by atoms with E-state index in [0.29, 0.717) is 13.0 Å².